The molecule has 0 aliphatic carbocycles. The number of amides is 2. The summed E-state index contributed by atoms with van der Waals surface area (Å²) in [6.07, 6.45) is -0.293. The van der Waals surface area contributed by atoms with Gasteiger partial charge in [-0.05, 0) is 44.4 Å². The van der Waals surface area contributed by atoms with Gasteiger partial charge in [0.05, 0.1) is 12.6 Å². The van der Waals surface area contributed by atoms with Crippen molar-refractivity contribution in [1.82, 2.24) is 9.80 Å². The number of rotatable bonds is 2. The van der Waals surface area contributed by atoms with Gasteiger partial charge in [-0.15, -0.1) is 0 Å². The Morgan fingerprint density at radius 1 is 1.03 bits per heavy atom. The molecule has 34 heavy (non-hydrogen) atoms. The minimum absolute atomic E-state index is 0.190. The molecule has 2 atom stereocenters. The quantitative estimate of drug-likeness (QED) is 0.648. The van der Waals surface area contributed by atoms with Crippen LogP contribution in [0.1, 0.15) is 49.9 Å². The van der Waals surface area contributed by atoms with E-state index in [0.29, 0.717) is 32.5 Å². The molecule has 6 nitrogen and oxygen atoms in total. The lowest BCUT2D eigenvalue weighted by Crippen LogP contribution is -2.46. The van der Waals surface area contributed by atoms with Crippen LogP contribution in [0.25, 0.3) is 0 Å². The molecule has 0 spiro atoms. The predicted molar refractivity (Wildman–Crippen MR) is 122 cm³/mol. The minimum Gasteiger partial charge on any atom is -0.444 e. The van der Waals surface area contributed by atoms with Crippen LogP contribution in [0, 0.1) is 11.6 Å². The van der Waals surface area contributed by atoms with Gasteiger partial charge in [-0.25, -0.2) is 13.6 Å². The number of fused-ring (bicyclic) bond motifs is 1. The first-order chi connectivity index (χ1) is 16.1. The largest absolute Gasteiger partial charge is 0.444 e. The van der Waals surface area contributed by atoms with E-state index in [2.05, 4.69) is 0 Å². The standard InChI is InChI=1S/C26H30F2N2O4/c1-26(2,3)34-25(32)29-12-11-22(33-15-14-29)24(31)30-13-10-17-6-4-5-7-19(17)23(30)20-9-8-18(27)16-21(20)28/h4-9,16,22-23H,10-15H2,1-3H3/t22-,23+/m0/s1. The van der Waals surface area contributed by atoms with Crippen molar-refractivity contribution in [2.75, 3.05) is 26.2 Å². The molecule has 0 aromatic heterocycles. The summed E-state index contributed by atoms with van der Waals surface area (Å²) in [7, 11) is 0. The number of hydrogen-bond acceptors (Lipinski definition) is 4. The van der Waals surface area contributed by atoms with Gasteiger partial charge in [0, 0.05) is 37.7 Å². The number of halogens is 2. The highest BCUT2D eigenvalue weighted by Gasteiger charge is 2.38. The average Bonchev–Trinajstić information content (AvgIpc) is 3.04. The first-order valence-corrected chi connectivity index (χ1v) is 11.6. The third kappa shape index (κ3) is 5.22. The Bertz CT molecular complexity index is 1070. The van der Waals surface area contributed by atoms with Gasteiger partial charge < -0.3 is 19.3 Å². The topological polar surface area (TPSA) is 59.1 Å². The molecule has 182 valence electrons. The third-order valence-electron chi connectivity index (χ3n) is 6.09. The Morgan fingerprint density at radius 3 is 2.53 bits per heavy atom. The maximum Gasteiger partial charge on any atom is 0.410 e. The summed E-state index contributed by atoms with van der Waals surface area (Å²) < 4.78 is 39.8. The second kappa shape index (κ2) is 9.70. The molecule has 0 unspecified atom stereocenters. The number of benzene rings is 2. The summed E-state index contributed by atoms with van der Waals surface area (Å²) in [4.78, 5) is 29.3. The summed E-state index contributed by atoms with van der Waals surface area (Å²) in [6, 6.07) is 10.4. The molecule has 0 saturated carbocycles. The second-order valence-corrected chi connectivity index (χ2v) is 9.66. The highest BCUT2D eigenvalue weighted by atomic mass is 19.1. The molecule has 1 fully saturated rings. The van der Waals surface area contributed by atoms with Crippen LogP contribution in [0.15, 0.2) is 42.5 Å². The molecule has 2 heterocycles. The molecular weight excluding hydrogens is 442 g/mol. The molecule has 2 aromatic carbocycles. The Morgan fingerprint density at radius 2 is 1.79 bits per heavy atom. The minimum atomic E-state index is -0.774. The highest BCUT2D eigenvalue weighted by molar-refractivity contribution is 5.82. The zero-order valence-electron chi connectivity index (χ0n) is 19.7. The Balaban J connectivity index is 1.57. The van der Waals surface area contributed by atoms with E-state index in [9.17, 15) is 18.4 Å². The Labute approximate surface area is 198 Å². The van der Waals surface area contributed by atoms with Gasteiger partial charge in [-0.2, -0.15) is 0 Å². The highest BCUT2D eigenvalue weighted by Crippen LogP contribution is 2.37. The normalized spacial score (nSPS) is 21.0. The number of ether oxygens (including phenoxy) is 2. The second-order valence-electron chi connectivity index (χ2n) is 9.66. The summed E-state index contributed by atoms with van der Waals surface area (Å²) in [6.45, 7) is 6.60. The molecule has 2 aliphatic heterocycles. The fourth-order valence-corrected chi connectivity index (χ4v) is 4.52. The molecule has 0 N–H and O–H groups in total. The average molecular weight is 473 g/mol. The van der Waals surface area contributed by atoms with Gasteiger partial charge in [-0.1, -0.05) is 30.3 Å². The van der Waals surface area contributed by atoms with E-state index in [-0.39, 0.29) is 18.1 Å². The van der Waals surface area contributed by atoms with Crippen LogP contribution < -0.4 is 0 Å². The van der Waals surface area contributed by atoms with Crippen molar-refractivity contribution in [3.05, 3.63) is 70.8 Å². The van der Waals surface area contributed by atoms with E-state index in [1.54, 1.807) is 30.6 Å². The van der Waals surface area contributed by atoms with Gasteiger partial charge in [-0.3, -0.25) is 4.79 Å². The SMILES string of the molecule is CC(C)(C)OC(=O)N1CCO[C@H](C(=O)N2CCc3ccccc3[C@@H]2c2ccc(F)cc2F)CC1. The van der Waals surface area contributed by atoms with Crippen molar-refractivity contribution in [1.29, 1.82) is 0 Å². The zero-order valence-corrected chi connectivity index (χ0v) is 19.7. The fraction of sp³-hybridized carbons (Fsp3) is 0.462. The summed E-state index contributed by atoms with van der Waals surface area (Å²) in [5, 5.41) is 0. The summed E-state index contributed by atoms with van der Waals surface area (Å²) in [5.74, 6) is -1.63. The van der Waals surface area contributed by atoms with Crippen LogP contribution in [-0.4, -0.2) is 59.7 Å². The predicted octanol–water partition coefficient (Wildman–Crippen LogP) is 4.46. The van der Waals surface area contributed by atoms with Gasteiger partial charge in [0.15, 0.2) is 0 Å². The molecule has 4 rings (SSSR count). The van der Waals surface area contributed by atoms with Crippen molar-refractivity contribution in [2.45, 2.75) is 51.4 Å². The molecule has 1 saturated heterocycles. The van der Waals surface area contributed by atoms with E-state index >= 15 is 0 Å². The molecule has 0 bridgehead atoms. The van der Waals surface area contributed by atoms with Crippen LogP contribution in [0.5, 0.6) is 0 Å². The Hall–Kier alpha value is -3.00. The van der Waals surface area contributed by atoms with Crippen molar-refractivity contribution >= 4 is 12.0 Å². The van der Waals surface area contributed by atoms with Gasteiger partial charge in [0.2, 0.25) is 0 Å². The lowest BCUT2D eigenvalue weighted by atomic mass is 9.87. The van der Waals surface area contributed by atoms with E-state index < -0.39 is 35.5 Å². The molecule has 2 aromatic rings. The molecule has 8 heteroatoms. The van der Waals surface area contributed by atoms with E-state index in [1.165, 1.54) is 12.1 Å². The zero-order chi connectivity index (χ0) is 24.5. The van der Waals surface area contributed by atoms with Crippen molar-refractivity contribution in [2.24, 2.45) is 0 Å². The van der Waals surface area contributed by atoms with Crippen LogP contribution in [0.3, 0.4) is 0 Å². The maximum absolute atomic E-state index is 14.9. The van der Waals surface area contributed by atoms with Crippen LogP contribution in [0.2, 0.25) is 0 Å². The molecule has 2 amide bonds. The third-order valence-corrected chi connectivity index (χ3v) is 6.09. The van der Waals surface area contributed by atoms with Gasteiger partial charge >= 0.3 is 6.09 Å². The monoisotopic (exact) mass is 472 g/mol. The lowest BCUT2D eigenvalue weighted by Gasteiger charge is -2.39. The smallest absolute Gasteiger partial charge is 0.410 e. The first kappa shape index (κ1) is 24.1. The summed E-state index contributed by atoms with van der Waals surface area (Å²) in [5.41, 5.74) is 1.47. The fourth-order valence-electron chi connectivity index (χ4n) is 4.52. The van der Waals surface area contributed by atoms with Crippen LogP contribution in [-0.2, 0) is 20.7 Å². The van der Waals surface area contributed by atoms with Crippen molar-refractivity contribution < 1.29 is 27.8 Å². The summed E-state index contributed by atoms with van der Waals surface area (Å²) >= 11 is 0. The number of carbonyl (C=O) groups is 2. The number of nitrogens with zero attached hydrogens (tertiary/aromatic N) is 2. The van der Waals surface area contributed by atoms with Crippen molar-refractivity contribution in [3.63, 3.8) is 0 Å². The Kier molecular flexibility index (Phi) is 6.89. The molecule has 0 radical (unpaired) electrons. The van der Waals surface area contributed by atoms with E-state index in [4.69, 9.17) is 9.47 Å². The molecule has 2 aliphatic rings. The van der Waals surface area contributed by atoms with Crippen LogP contribution >= 0.6 is 0 Å². The molecular formula is C26H30F2N2O4. The van der Waals surface area contributed by atoms with Gasteiger partial charge in [0.1, 0.15) is 23.3 Å². The van der Waals surface area contributed by atoms with Crippen LogP contribution in [0.4, 0.5) is 13.6 Å². The maximum atomic E-state index is 14.9. The number of hydrogen-bond donors (Lipinski definition) is 0. The first-order valence-electron chi connectivity index (χ1n) is 11.6. The van der Waals surface area contributed by atoms with E-state index in [0.717, 1.165) is 17.2 Å². The van der Waals surface area contributed by atoms with E-state index in [1.807, 2.05) is 24.3 Å². The number of carbonyl (C=O) groups excluding carboxylic acids is 2. The lowest BCUT2D eigenvalue weighted by molar-refractivity contribution is -0.145. The van der Waals surface area contributed by atoms with Gasteiger partial charge in [0.25, 0.3) is 5.91 Å². The van der Waals surface area contributed by atoms with Crippen molar-refractivity contribution in [3.8, 4) is 0 Å².